The Balaban J connectivity index is 2.02. The van der Waals surface area contributed by atoms with Gasteiger partial charge in [-0.2, -0.15) is 0 Å². The maximum Gasteiger partial charge on any atom is 0.276 e. The number of hydrazine groups is 1. The van der Waals surface area contributed by atoms with Crippen molar-refractivity contribution in [1.82, 2.24) is 10.2 Å². The van der Waals surface area contributed by atoms with Crippen LogP contribution in [0.1, 0.15) is 17.4 Å². The Morgan fingerprint density at radius 1 is 1.20 bits per heavy atom. The first kappa shape index (κ1) is 13.8. The molecule has 0 aliphatic heterocycles. The summed E-state index contributed by atoms with van der Waals surface area (Å²) in [5, 5.41) is 10.2. The van der Waals surface area contributed by atoms with Gasteiger partial charge in [0.25, 0.3) is 5.91 Å². The second-order valence-corrected chi connectivity index (χ2v) is 3.86. The van der Waals surface area contributed by atoms with E-state index in [9.17, 15) is 4.79 Å². The Hall–Kier alpha value is -2.67. The van der Waals surface area contributed by atoms with Crippen LogP contribution >= 0.6 is 0 Å². The van der Waals surface area contributed by atoms with Crippen LogP contribution in [-0.4, -0.2) is 22.7 Å². The second-order valence-electron chi connectivity index (χ2n) is 3.86. The molecule has 0 unspecified atom stereocenters. The average molecular weight is 273 g/mol. The first-order valence-electron chi connectivity index (χ1n) is 6.07. The average Bonchev–Trinajstić information content (AvgIpc) is 2.49. The van der Waals surface area contributed by atoms with E-state index < -0.39 is 0 Å². The molecule has 20 heavy (non-hydrogen) atoms. The highest BCUT2D eigenvalue weighted by atomic mass is 16.5. The minimum Gasteiger partial charge on any atom is -0.494 e. The van der Waals surface area contributed by atoms with Gasteiger partial charge in [-0.15, -0.1) is 10.2 Å². The molecule has 0 saturated carbocycles. The zero-order valence-corrected chi connectivity index (χ0v) is 11.0. The molecule has 0 radical (unpaired) electrons. The van der Waals surface area contributed by atoms with Gasteiger partial charge in [0.1, 0.15) is 5.75 Å². The Morgan fingerprint density at radius 3 is 2.50 bits per heavy atom. The van der Waals surface area contributed by atoms with Gasteiger partial charge in [-0.05, 0) is 43.3 Å². The first-order valence-corrected chi connectivity index (χ1v) is 6.07. The molecule has 104 valence electrons. The van der Waals surface area contributed by atoms with Gasteiger partial charge in [0.15, 0.2) is 11.5 Å². The van der Waals surface area contributed by atoms with E-state index in [-0.39, 0.29) is 11.6 Å². The van der Waals surface area contributed by atoms with Gasteiger partial charge in [-0.3, -0.25) is 4.79 Å². The molecule has 1 aromatic heterocycles. The molecule has 7 nitrogen and oxygen atoms in total. The number of carbonyl (C=O) groups is 1. The lowest BCUT2D eigenvalue weighted by Crippen LogP contribution is -2.16. The van der Waals surface area contributed by atoms with Gasteiger partial charge in [0.05, 0.1) is 6.61 Å². The zero-order valence-electron chi connectivity index (χ0n) is 11.0. The summed E-state index contributed by atoms with van der Waals surface area (Å²) in [5.74, 6) is 5.98. The van der Waals surface area contributed by atoms with Gasteiger partial charge in [0.2, 0.25) is 0 Å². The Kier molecular flexibility index (Phi) is 4.46. The number of aromatic nitrogens is 2. The molecule has 0 aliphatic rings. The van der Waals surface area contributed by atoms with Crippen LogP contribution in [0.25, 0.3) is 0 Å². The SMILES string of the molecule is CCOc1ccc(NC(=O)c2ccc(NN)nn2)cc1. The lowest BCUT2D eigenvalue weighted by Gasteiger charge is -2.06. The van der Waals surface area contributed by atoms with E-state index in [0.717, 1.165) is 5.75 Å². The third-order valence-electron chi connectivity index (χ3n) is 2.47. The van der Waals surface area contributed by atoms with Crippen LogP contribution in [0.15, 0.2) is 36.4 Å². The number of hydrogen-bond donors (Lipinski definition) is 3. The summed E-state index contributed by atoms with van der Waals surface area (Å²) in [5.41, 5.74) is 3.20. The summed E-state index contributed by atoms with van der Waals surface area (Å²) in [7, 11) is 0. The number of carbonyl (C=O) groups excluding carboxylic acids is 1. The largest absolute Gasteiger partial charge is 0.494 e. The van der Waals surface area contributed by atoms with Crippen LogP contribution in [0.5, 0.6) is 5.75 Å². The fourth-order valence-electron chi connectivity index (χ4n) is 1.53. The summed E-state index contributed by atoms with van der Waals surface area (Å²) < 4.78 is 5.32. The molecule has 0 spiro atoms. The van der Waals surface area contributed by atoms with Gasteiger partial charge >= 0.3 is 0 Å². The minimum atomic E-state index is -0.342. The van der Waals surface area contributed by atoms with E-state index in [1.165, 1.54) is 6.07 Å². The highest BCUT2D eigenvalue weighted by molar-refractivity contribution is 6.02. The number of ether oxygens (including phenoxy) is 1. The minimum absolute atomic E-state index is 0.206. The third-order valence-corrected chi connectivity index (χ3v) is 2.47. The normalized spacial score (nSPS) is 9.90. The van der Waals surface area contributed by atoms with Crippen molar-refractivity contribution < 1.29 is 9.53 Å². The molecule has 0 aliphatic carbocycles. The number of nitrogen functional groups attached to an aromatic ring is 1. The fourth-order valence-corrected chi connectivity index (χ4v) is 1.53. The quantitative estimate of drug-likeness (QED) is 0.562. The van der Waals surface area contributed by atoms with Crippen molar-refractivity contribution in [1.29, 1.82) is 0 Å². The van der Waals surface area contributed by atoms with Crippen LogP contribution in [0.3, 0.4) is 0 Å². The number of nitrogens with two attached hydrogens (primary N) is 1. The van der Waals surface area contributed by atoms with Crippen molar-refractivity contribution in [3.05, 3.63) is 42.1 Å². The number of anilines is 2. The van der Waals surface area contributed by atoms with Crippen molar-refractivity contribution in [3.63, 3.8) is 0 Å². The van der Waals surface area contributed by atoms with Crippen LogP contribution in [-0.2, 0) is 0 Å². The van der Waals surface area contributed by atoms with E-state index in [2.05, 4.69) is 20.9 Å². The van der Waals surface area contributed by atoms with Crippen molar-refractivity contribution in [2.75, 3.05) is 17.3 Å². The van der Waals surface area contributed by atoms with E-state index in [0.29, 0.717) is 18.1 Å². The van der Waals surface area contributed by atoms with Crippen molar-refractivity contribution >= 4 is 17.4 Å². The molecule has 0 atom stereocenters. The zero-order chi connectivity index (χ0) is 14.4. The molecule has 4 N–H and O–H groups in total. The molecule has 2 rings (SSSR count). The molecule has 0 bridgehead atoms. The summed E-state index contributed by atoms with van der Waals surface area (Å²) in [6.07, 6.45) is 0. The maximum atomic E-state index is 11.9. The molecular formula is C13H15N5O2. The molecule has 1 aromatic carbocycles. The van der Waals surface area contributed by atoms with Gasteiger partial charge < -0.3 is 15.5 Å². The summed E-state index contributed by atoms with van der Waals surface area (Å²) in [4.78, 5) is 11.9. The van der Waals surface area contributed by atoms with Crippen molar-refractivity contribution in [2.24, 2.45) is 5.84 Å². The molecule has 7 heteroatoms. The van der Waals surface area contributed by atoms with Crippen LogP contribution < -0.4 is 21.3 Å². The summed E-state index contributed by atoms with van der Waals surface area (Å²) in [6, 6.07) is 10.2. The predicted octanol–water partition coefficient (Wildman–Crippen LogP) is 1.41. The number of amides is 1. The Labute approximate surface area is 116 Å². The molecule has 0 fully saturated rings. The van der Waals surface area contributed by atoms with Gasteiger partial charge in [-0.1, -0.05) is 0 Å². The fraction of sp³-hybridized carbons (Fsp3) is 0.154. The number of nitrogens with one attached hydrogen (secondary N) is 2. The van der Waals surface area contributed by atoms with Crippen molar-refractivity contribution in [2.45, 2.75) is 6.92 Å². The van der Waals surface area contributed by atoms with E-state index >= 15 is 0 Å². The Bertz CT molecular complexity index is 568. The Morgan fingerprint density at radius 2 is 1.95 bits per heavy atom. The molecule has 1 amide bonds. The van der Waals surface area contributed by atoms with Gasteiger partial charge in [-0.25, -0.2) is 5.84 Å². The first-order chi connectivity index (χ1) is 9.72. The van der Waals surface area contributed by atoms with Crippen LogP contribution in [0.2, 0.25) is 0 Å². The third kappa shape index (κ3) is 3.42. The maximum absolute atomic E-state index is 11.9. The number of rotatable bonds is 5. The van der Waals surface area contributed by atoms with Crippen molar-refractivity contribution in [3.8, 4) is 5.75 Å². The second kappa shape index (κ2) is 6.48. The predicted molar refractivity (Wildman–Crippen MR) is 75.4 cm³/mol. The number of benzene rings is 1. The number of hydrogen-bond acceptors (Lipinski definition) is 6. The smallest absolute Gasteiger partial charge is 0.276 e. The van der Waals surface area contributed by atoms with Crippen LogP contribution in [0.4, 0.5) is 11.5 Å². The number of nitrogens with zero attached hydrogens (tertiary/aromatic N) is 2. The highest BCUT2D eigenvalue weighted by Gasteiger charge is 2.08. The molecular weight excluding hydrogens is 258 g/mol. The van der Waals surface area contributed by atoms with Gasteiger partial charge in [0, 0.05) is 5.69 Å². The van der Waals surface area contributed by atoms with E-state index in [1.807, 2.05) is 6.92 Å². The summed E-state index contributed by atoms with van der Waals surface area (Å²) >= 11 is 0. The van der Waals surface area contributed by atoms with E-state index in [1.54, 1.807) is 30.3 Å². The highest BCUT2D eigenvalue weighted by Crippen LogP contribution is 2.16. The summed E-state index contributed by atoms with van der Waals surface area (Å²) in [6.45, 7) is 2.51. The lowest BCUT2D eigenvalue weighted by molar-refractivity contribution is 0.102. The standard InChI is InChI=1S/C13H15N5O2/c1-2-20-10-5-3-9(4-6-10)15-13(19)11-7-8-12(16-14)18-17-11/h3-8H,2,14H2,1H3,(H,15,19)(H,16,18). The van der Waals surface area contributed by atoms with E-state index in [4.69, 9.17) is 10.6 Å². The lowest BCUT2D eigenvalue weighted by atomic mass is 10.3. The van der Waals surface area contributed by atoms with Crippen LogP contribution in [0, 0.1) is 0 Å². The monoisotopic (exact) mass is 273 g/mol. The topological polar surface area (TPSA) is 102 Å². The molecule has 2 aromatic rings. The molecule has 0 saturated heterocycles. The molecule has 1 heterocycles.